The monoisotopic (exact) mass is 536 g/mol. The standard InChI is InChI=1S/C25H23ClF2N2O5S/c26-15-4-1-14-11-20(36-19(14)12-15)24(32)30-10-9-29-23(31)17-7-8-18(22(28)21(17)27)35-16-5-2-13(3-6-16)25(33)34/h1,4,7-8,11-13,16H,2-3,5-6,9-10H2,(H,29,31)(H,30,32)(H,33,34)/t13-,16+. The van der Waals surface area contributed by atoms with Gasteiger partial charge < -0.3 is 20.5 Å². The van der Waals surface area contributed by atoms with Crippen LogP contribution >= 0.6 is 22.9 Å². The largest absolute Gasteiger partial charge is 0.487 e. The second kappa shape index (κ2) is 11.2. The molecule has 3 aromatic rings. The number of benzene rings is 2. The van der Waals surface area contributed by atoms with Crippen LogP contribution in [0.1, 0.15) is 45.7 Å². The van der Waals surface area contributed by atoms with Gasteiger partial charge in [0.25, 0.3) is 11.8 Å². The van der Waals surface area contributed by atoms with Gasteiger partial charge in [0.05, 0.1) is 22.5 Å². The SMILES string of the molecule is O=C(NCCNC(=O)c1ccc(O[C@H]2CC[C@@H](C(=O)O)CC2)c(F)c1F)c1cc2ccc(Cl)cc2s1. The van der Waals surface area contributed by atoms with E-state index in [1.807, 2.05) is 6.07 Å². The molecule has 2 amide bonds. The number of amides is 2. The Morgan fingerprint density at radius 2 is 1.67 bits per heavy atom. The normalized spacial score (nSPS) is 17.5. The van der Waals surface area contributed by atoms with Gasteiger partial charge in [-0.1, -0.05) is 17.7 Å². The van der Waals surface area contributed by atoms with Crippen molar-refractivity contribution in [2.24, 2.45) is 5.92 Å². The number of carbonyl (C=O) groups excluding carboxylic acids is 2. The van der Waals surface area contributed by atoms with E-state index in [-0.39, 0.29) is 24.7 Å². The van der Waals surface area contributed by atoms with Crippen molar-refractivity contribution < 1.29 is 33.0 Å². The van der Waals surface area contributed by atoms with E-state index in [4.69, 9.17) is 21.4 Å². The highest BCUT2D eigenvalue weighted by Crippen LogP contribution is 2.31. The summed E-state index contributed by atoms with van der Waals surface area (Å²) in [5.41, 5.74) is -0.484. The van der Waals surface area contributed by atoms with Crippen molar-refractivity contribution in [1.29, 1.82) is 0 Å². The fourth-order valence-electron chi connectivity index (χ4n) is 4.06. The van der Waals surface area contributed by atoms with Gasteiger partial charge in [-0.25, -0.2) is 4.39 Å². The average Bonchev–Trinajstić information content (AvgIpc) is 3.28. The van der Waals surface area contributed by atoms with Crippen LogP contribution in [-0.2, 0) is 4.79 Å². The summed E-state index contributed by atoms with van der Waals surface area (Å²) in [6.07, 6.45) is 1.22. The molecule has 1 aliphatic carbocycles. The molecular formula is C25H23ClF2N2O5S. The van der Waals surface area contributed by atoms with Crippen LogP contribution in [0.15, 0.2) is 36.4 Å². The van der Waals surface area contributed by atoms with Crippen LogP contribution in [0.4, 0.5) is 8.78 Å². The molecule has 4 rings (SSSR count). The van der Waals surface area contributed by atoms with Crippen molar-refractivity contribution in [3.63, 3.8) is 0 Å². The van der Waals surface area contributed by atoms with Gasteiger partial charge in [0.1, 0.15) is 0 Å². The lowest BCUT2D eigenvalue weighted by Crippen LogP contribution is -2.34. The van der Waals surface area contributed by atoms with Gasteiger partial charge in [-0.15, -0.1) is 11.3 Å². The van der Waals surface area contributed by atoms with Crippen LogP contribution in [0, 0.1) is 17.6 Å². The maximum atomic E-state index is 14.6. The molecule has 3 N–H and O–H groups in total. The van der Waals surface area contributed by atoms with Crippen molar-refractivity contribution in [2.45, 2.75) is 31.8 Å². The molecule has 36 heavy (non-hydrogen) atoms. The Morgan fingerprint density at radius 3 is 2.36 bits per heavy atom. The first-order chi connectivity index (χ1) is 17.2. The van der Waals surface area contributed by atoms with E-state index in [2.05, 4.69) is 10.6 Å². The minimum Gasteiger partial charge on any atom is -0.487 e. The van der Waals surface area contributed by atoms with Crippen molar-refractivity contribution >= 4 is 50.8 Å². The fraction of sp³-hybridized carbons (Fsp3) is 0.320. The van der Waals surface area contributed by atoms with Crippen LogP contribution < -0.4 is 15.4 Å². The van der Waals surface area contributed by atoms with Crippen molar-refractivity contribution in [3.8, 4) is 5.75 Å². The summed E-state index contributed by atoms with van der Waals surface area (Å²) < 4.78 is 35.5. The molecule has 190 valence electrons. The third-order valence-corrected chi connectivity index (χ3v) is 7.34. The predicted octanol–water partition coefficient (Wildman–Crippen LogP) is 5.01. The molecule has 1 heterocycles. The number of hydrogen-bond donors (Lipinski definition) is 3. The summed E-state index contributed by atoms with van der Waals surface area (Å²) in [5.74, 6) is -5.40. The minimum absolute atomic E-state index is 0.00737. The number of carbonyl (C=O) groups is 3. The summed E-state index contributed by atoms with van der Waals surface area (Å²) in [6, 6.07) is 9.38. The van der Waals surface area contributed by atoms with E-state index >= 15 is 0 Å². The summed E-state index contributed by atoms with van der Waals surface area (Å²) in [5, 5.41) is 15.6. The van der Waals surface area contributed by atoms with Gasteiger partial charge in [0.2, 0.25) is 5.82 Å². The molecule has 0 aliphatic heterocycles. The maximum Gasteiger partial charge on any atom is 0.306 e. The molecule has 0 unspecified atom stereocenters. The zero-order valence-corrected chi connectivity index (χ0v) is 20.6. The van der Waals surface area contributed by atoms with E-state index < -0.39 is 41.1 Å². The van der Waals surface area contributed by atoms with Crippen molar-refractivity contribution in [2.75, 3.05) is 13.1 Å². The number of thiophene rings is 1. The van der Waals surface area contributed by atoms with Crippen LogP contribution in [0.5, 0.6) is 5.75 Å². The van der Waals surface area contributed by atoms with E-state index in [0.717, 1.165) is 16.2 Å². The van der Waals surface area contributed by atoms with Crippen molar-refractivity contribution in [3.05, 3.63) is 63.5 Å². The number of rotatable bonds is 8. The predicted molar refractivity (Wildman–Crippen MR) is 132 cm³/mol. The molecule has 2 aromatic carbocycles. The average molecular weight is 537 g/mol. The first-order valence-electron chi connectivity index (χ1n) is 11.4. The lowest BCUT2D eigenvalue weighted by molar-refractivity contribution is -0.143. The number of ether oxygens (including phenoxy) is 1. The molecule has 1 aromatic heterocycles. The Bertz CT molecular complexity index is 1310. The number of carboxylic acid groups (broad SMARTS) is 1. The summed E-state index contributed by atoms with van der Waals surface area (Å²) in [7, 11) is 0. The molecule has 7 nitrogen and oxygen atoms in total. The second-order valence-corrected chi connectivity index (χ2v) is 9.99. The van der Waals surface area contributed by atoms with Crippen LogP contribution in [-0.4, -0.2) is 42.1 Å². The van der Waals surface area contributed by atoms with Crippen LogP contribution in [0.3, 0.4) is 0 Å². The first kappa shape index (κ1) is 25.8. The number of nitrogens with one attached hydrogen (secondary N) is 2. The van der Waals surface area contributed by atoms with Crippen LogP contribution in [0.2, 0.25) is 5.02 Å². The molecule has 0 spiro atoms. The molecule has 0 radical (unpaired) electrons. The zero-order chi connectivity index (χ0) is 25.8. The molecule has 1 aliphatic rings. The summed E-state index contributed by atoms with van der Waals surface area (Å²) in [4.78, 5) is 36.2. The molecule has 0 bridgehead atoms. The minimum atomic E-state index is -1.34. The highest BCUT2D eigenvalue weighted by molar-refractivity contribution is 7.20. The quantitative estimate of drug-likeness (QED) is 0.351. The molecule has 1 saturated carbocycles. The van der Waals surface area contributed by atoms with Crippen LogP contribution in [0.25, 0.3) is 10.1 Å². The van der Waals surface area contributed by atoms with Gasteiger partial charge >= 0.3 is 5.97 Å². The zero-order valence-electron chi connectivity index (χ0n) is 19.0. The lowest BCUT2D eigenvalue weighted by Gasteiger charge is -2.27. The Morgan fingerprint density at radius 1 is 0.972 bits per heavy atom. The van der Waals surface area contributed by atoms with Gasteiger partial charge in [-0.3, -0.25) is 14.4 Å². The number of fused-ring (bicyclic) bond motifs is 1. The molecule has 11 heteroatoms. The Kier molecular flexibility index (Phi) is 8.05. The van der Waals surface area contributed by atoms with Gasteiger partial charge in [0, 0.05) is 22.8 Å². The Labute approximate surface area is 214 Å². The van der Waals surface area contributed by atoms with E-state index in [1.54, 1.807) is 18.2 Å². The second-order valence-electron chi connectivity index (χ2n) is 8.47. The van der Waals surface area contributed by atoms with Gasteiger partial charge in [-0.05, 0) is 61.4 Å². The molecule has 0 atom stereocenters. The summed E-state index contributed by atoms with van der Waals surface area (Å²) >= 11 is 7.25. The first-order valence-corrected chi connectivity index (χ1v) is 12.6. The lowest BCUT2D eigenvalue weighted by atomic mass is 9.87. The Balaban J connectivity index is 1.27. The highest BCUT2D eigenvalue weighted by atomic mass is 35.5. The molecule has 1 fully saturated rings. The number of hydrogen-bond acceptors (Lipinski definition) is 5. The van der Waals surface area contributed by atoms with E-state index in [9.17, 15) is 23.2 Å². The molecule has 0 saturated heterocycles. The third kappa shape index (κ3) is 5.93. The van der Waals surface area contributed by atoms with E-state index in [0.29, 0.717) is 35.6 Å². The van der Waals surface area contributed by atoms with Crippen molar-refractivity contribution in [1.82, 2.24) is 10.6 Å². The highest BCUT2D eigenvalue weighted by Gasteiger charge is 2.28. The fourth-order valence-corrected chi connectivity index (χ4v) is 5.31. The number of carboxylic acids is 1. The summed E-state index contributed by atoms with van der Waals surface area (Å²) in [6.45, 7) is 0.0946. The third-order valence-electron chi connectivity index (χ3n) is 6.01. The van der Waals surface area contributed by atoms with Gasteiger partial charge in [0.15, 0.2) is 11.6 Å². The molecular weight excluding hydrogens is 514 g/mol. The maximum absolute atomic E-state index is 14.6. The number of aliphatic carboxylic acids is 1. The smallest absolute Gasteiger partial charge is 0.306 e. The van der Waals surface area contributed by atoms with E-state index in [1.165, 1.54) is 17.4 Å². The number of halogens is 3. The Hall–Kier alpha value is -3.24. The van der Waals surface area contributed by atoms with Gasteiger partial charge in [-0.2, -0.15) is 4.39 Å². The topological polar surface area (TPSA) is 105 Å².